The molecule has 0 saturated carbocycles. The van der Waals surface area contributed by atoms with E-state index in [2.05, 4.69) is 15.6 Å². The number of nitrogens with zero attached hydrogens (tertiary/aromatic N) is 3. The van der Waals surface area contributed by atoms with Gasteiger partial charge in [0, 0.05) is 31.9 Å². The van der Waals surface area contributed by atoms with Crippen LogP contribution in [0.15, 0.2) is 21.9 Å². The quantitative estimate of drug-likeness (QED) is 0.693. The van der Waals surface area contributed by atoms with Gasteiger partial charge in [0.1, 0.15) is 17.3 Å². The van der Waals surface area contributed by atoms with Gasteiger partial charge < -0.3 is 21.1 Å². The lowest BCUT2D eigenvalue weighted by Gasteiger charge is -2.28. The summed E-state index contributed by atoms with van der Waals surface area (Å²) in [5.41, 5.74) is 5.60. The zero-order valence-corrected chi connectivity index (χ0v) is 16.4. The van der Waals surface area contributed by atoms with Crippen molar-refractivity contribution in [2.45, 2.75) is 25.2 Å². The zero-order chi connectivity index (χ0) is 20.7. The van der Waals surface area contributed by atoms with E-state index < -0.39 is 18.0 Å². The van der Waals surface area contributed by atoms with E-state index in [0.29, 0.717) is 24.7 Å². The van der Waals surface area contributed by atoms with Gasteiger partial charge in [-0.1, -0.05) is 11.6 Å². The van der Waals surface area contributed by atoms with Crippen molar-refractivity contribution in [1.29, 1.82) is 0 Å². The molecule has 3 heterocycles. The second kappa shape index (κ2) is 7.53. The summed E-state index contributed by atoms with van der Waals surface area (Å²) >= 11 is 6.12. The maximum Gasteiger partial charge on any atom is 0.330 e. The number of carbonyl (C=O) groups is 1. The number of aromatic nitrogens is 2. The third kappa shape index (κ3) is 3.49. The summed E-state index contributed by atoms with van der Waals surface area (Å²) in [6.07, 6.45) is 2.25. The summed E-state index contributed by atoms with van der Waals surface area (Å²) in [5.74, 6) is -0.910. The number of primary amides is 1. The van der Waals surface area contributed by atoms with E-state index in [0.717, 1.165) is 18.9 Å². The van der Waals surface area contributed by atoms with Crippen LogP contribution in [0.1, 0.15) is 34.9 Å². The number of nitrogens with two attached hydrogens (primary N) is 1. The highest BCUT2D eigenvalue weighted by atomic mass is 35.5. The highest BCUT2D eigenvalue weighted by Gasteiger charge is 2.28. The first kappa shape index (κ1) is 19.5. The number of amides is 1. The third-order valence-corrected chi connectivity index (χ3v) is 5.42. The van der Waals surface area contributed by atoms with Crippen LogP contribution in [0.2, 0.25) is 5.02 Å². The highest BCUT2D eigenvalue weighted by Crippen LogP contribution is 2.30. The van der Waals surface area contributed by atoms with Gasteiger partial charge in [0.05, 0.1) is 16.9 Å². The molecule has 1 atom stereocenters. The Morgan fingerprint density at radius 3 is 2.79 bits per heavy atom. The van der Waals surface area contributed by atoms with Crippen molar-refractivity contribution in [3.8, 4) is 0 Å². The summed E-state index contributed by atoms with van der Waals surface area (Å²) in [5, 5.41) is 6.00. The van der Waals surface area contributed by atoms with Crippen molar-refractivity contribution in [3.63, 3.8) is 0 Å². The Balaban J connectivity index is 1.64. The maximum atomic E-state index is 14.5. The van der Waals surface area contributed by atoms with Crippen molar-refractivity contribution in [1.82, 2.24) is 9.13 Å². The number of halogens is 2. The molecule has 1 saturated heterocycles. The molecule has 9 nitrogen and oxygen atoms in total. The van der Waals surface area contributed by atoms with Crippen molar-refractivity contribution in [2.24, 2.45) is 17.8 Å². The fourth-order valence-corrected chi connectivity index (χ4v) is 3.85. The summed E-state index contributed by atoms with van der Waals surface area (Å²) in [7, 11) is 1.68. The lowest BCUT2D eigenvalue weighted by molar-refractivity contribution is 0.0690. The molecule has 0 radical (unpaired) electrons. The third-order valence-electron chi connectivity index (χ3n) is 5.12. The average molecular weight is 423 g/mol. The Morgan fingerprint density at radius 2 is 2.14 bits per heavy atom. The molecule has 1 aromatic heterocycles. The van der Waals surface area contributed by atoms with Crippen LogP contribution in [-0.4, -0.2) is 40.8 Å². The molecule has 0 bridgehead atoms. The van der Waals surface area contributed by atoms with Crippen LogP contribution in [0, 0.1) is 5.82 Å². The molecule has 0 spiro atoms. The Morgan fingerprint density at radius 1 is 1.41 bits per heavy atom. The van der Waals surface area contributed by atoms with E-state index >= 15 is 0 Å². The average Bonchev–Trinajstić information content (AvgIpc) is 2.95. The molecular formula is C18H20ClFN6O3. The van der Waals surface area contributed by atoms with Crippen LogP contribution < -0.4 is 22.1 Å². The summed E-state index contributed by atoms with van der Waals surface area (Å²) in [6, 6.07) is 2.30. The number of hydrogen-bond acceptors (Lipinski definition) is 6. The van der Waals surface area contributed by atoms with Gasteiger partial charge >= 0.3 is 5.69 Å². The number of aliphatic imine (C=N–C) groups is 1. The van der Waals surface area contributed by atoms with Gasteiger partial charge in [0.15, 0.2) is 6.29 Å². The lowest BCUT2D eigenvalue weighted by atomic mass is 10.1. The molecule has 1 unspecified atom stereocenters. The molecule has 1 aromatic carbocycles. The zero-order valence-electron chi connectivity index (χ0n) is 15.6. The van der Waals surface area contributed by atoms with Crippen LogP contribution in [0.5, 0.6) is 0 Å². The number of ether oxygens (including phenoxy) is 1. The summed E-state index contributed by atoms with van der Waals surface area (Å²) < 4.78 is 23.1. The fourth-order valence-electron chi connectivity index (χ4n) is 3.59. The lowest BCUT2D eigenvalue weighted by Crippen LogP contribution is -2.34. The predicted octanol–water partition coefficient (Wildman–Crippen LogP) is 1.67. The van der Waals surface area contributed by atoms with Crippen molar-refractivity contribution in [3.05, 3.63) is 44.7 Å². The maximum absolute atomic E-state index is 14.5. The highest BCUT2D eigenvalue weighted by molar-refractivity contribution is 6.33. The predicted molar refractivity (Wildman–Crippen MR) is 107 cm³/mol. The minimum absolute atomic E-state index is 0.000948. The van der Waals surface area contributed by atoms with Crippen LogP contribution >= 0.6 is 11.6 Å². The van der Waals surface area contributed by atoms with Gasteiger partial charge in [0.25, 0.3) is 0 Å². The van der Waals surface area contributed by atoms with Crippen molar-refractivity contribution in [2.75, 3.05) is 23.8 Å². The van der Waals surface area contributed by atoms with Gasteiger partial charge in [-0.25, -0.2) is 14.2 Å². The van der Waals surface area contributed by atoms with E-state index in [4.69, 9.17) is 22.1 Å². The number of rotatable bonds is 4. The molecule has 4 N–H and O–H groups in total. The molecule has 11 heteroatoms. The fraction of sp³-hybridized carbons (Fsp3) is 0.389. The SMILES string of the molecule is Cn1c2c(n(C3CCOCC3)c1=O)NC(Nc1c(F)cc(C(N)=O)cc1Cl)N=C2. The number of nitrogens with one attached hydrogen (secondary N) is 2. The Kier molecular flexibility index (Phi) is 5.05. The molecule has 1 fully saturated rings. The van der Waals surface area contributed by atoms with E-state index in [1.165, 1.54) is 10.6 Å². The standard InChI is InChI=1S/C18H20ClFN6O3/c1-25-13-8-22-17(23-14-11(19)6-9(15(21)27)7-12(14)20)24-16(13)26(18(25)28)10-2-4-29-5-3-10/h6-8,10,17,23-24H,2-5H2,1H3,(H2,21,27). The van der Waals surface area contributed by atoms with Crippen molar-refractivity contribution >= 4 is 35.2 Å². The van der Waals surface area contributed by atoms with Gasteiger partial charge in [-0.2, -0.15) is 0 Å². The molecular weight excluding hydrogens is 403 g/mol. The molecule has 2 aromatic rings. The summed E-state index contributed by atoms with van der Waals surface area (Å²) in [4.78, 5) is 28.3. The molecule has 1 amide bonds. The molecule has 0 aliphatic carbocycles. The van der Waals surface area contributed by atoms with Crippen molar-refractivity contribution < 1.29 is 13.9 Å². The van der Waals surface area contributed by atoms with Gasteiger partial charge in [-0.05, 0) is 25.0 Å². The second-order valence-corrected chi connectivity index (χ2v) is 7.34. The monoisotopic (exact) mass is 422 g/mol. The van der Waals surface area contributed by atoms with Gasteiger partial charge in [-0.3, -0.25) is 13.9 Å². The van der Waals surface area contributed by atoms with E-state index in [-0.39, 0.29) is 28.0 Å². The number of benzene rings is 1. The van der Waals surface area contributed by atoms with Crippen LogP contribution in [0.4, 0.5) is 15.9 Å². The number of hydrogen-bond donors (Lipinski definition) is 3. The summed E-state index contributed by atoms with van der Waals surface area (Å²) in [6.45, 7) is 1.17. The van der Waals surface area contributed by atoms with Crippen LogP contribution in [-0.2, 0) is 11.8 Å². The Bertz CT molecular complexity index is 1030. The van der Waals surface area contributed by atoms with Gasteiger partial charge in [-0.15, -0.1) is 0 Å². The topological polar surface area (TPSA) is 116 Å². The van der Waals surface area contributed by atoms with Crippen LogP contribution in [0.3, 0.4) is 0 Å². The molecule has 2 aliphatic heterocycles. The molecule has 29 heavy (non-hydrogen) atoms. The Labute approximate surface area is 170 Å². The van der Waals surface area contributed by atoms with E-state index in [1.54, 1.807) is 17.8 Å². The second-order valence-electron chi connectivity index (χ2n) is 6.94. The Hall–Kier alpha value is -2.85. The normalized spacial score (nSPS) is 18.9. The number of carbonyl (C=O) groups excluding carboxylic acids is 1. The molecule has 2 aliphatic rings. The largest absolute Gasteiger partial charge is 0.381 e. The smallest absolute Gasteiger partial charge is 0.330 e. The number of fused-ring (bicyclic) bond motifs is 1. The first-order valence-electron chi connectivity index (χ1n) is 9.11. The van der Waals surface area contributed by atoms with E-state index in [1.807, 2.05) is 0 Å². The van der Waals surface area contributed by atoms with E-state index in [9.17, 15) is 14.0 Å². The molecule has 154 valence electrons. The first-order valence-corrected chi connectivity index (χ1v) is 9.48. The first-order chi connectivity index (χ1) is 13.9. The number of imidazole rings is 1. The van der Waals surface area contributed by atoms with Crippen LogP contribution in [0.25, 0.3) is 0 Å². The molecule has 4 rings (SSSR count). The minimum Gasteiger partial charge on any atom is -0.381 e. The minimum atomic E-state index is -0.777. The van der Waals surface area contributed by atoms with Gasteiger partial charge in [0.2, 0.25) is 5.91 Å². The number of anilines is 2.